The van der Waals surface area contributed by atoms with Crippen molar-refractivity contribution in [2.75, 3.05) is 79.5 Å². The van der Waals surface area contributed by atoms with E-state index in [2.05, 4.69) is 22.0 Å². The fourth-order valence-corrected chi connectivity index (χ4v) is 5.69. The number of carbonyl (C=O) groups is 2. The van der Waals surface area contributed by atoms with Gasteiger partial charge in [-0.1, -0.05) is 35.3 Å². The molecule has 2 aromatic carbocycles. The Hall–Kier alpha value is -1.93. The van der Waals surface area contributed by atoms with Crippen LogP contribution in [0.5, 0.6) is 0 Å². The minimum absolute atomic E-state index is 0.0988. The monoisotopic (exact) mass is 629 g/mol. The highest BCUT2D eigenvalue weighted by atomic mass is 35.5. The molecule has 0 fully saturated rings. The quantitative estimate of drug-likeness (QED) is 0.180. The number of hydrogen-bond donors (Lipinski definition) is 2. The predicted octanol–water partition coefficient (Wildman–Crippen LogP) is 2.56. The number of likely N-dealkylation sites (N-methyl/N-ethyl adjacent to an activating group) is 1. The summed E-state index contributed by atoms with van der Waals surface area (Å²) in [7, 11) is 0.718. The van der Waals surface area contributed by atoms with Crippen molar-refractivity contribution in [3.63, 3.8) is 0 Å². The summed E-state index contributed by atoms with van der Waals surface area (Å²) in [6, 6.07) is 11.6. The van der Waals surface area contributed by atoms with E-state index in [9.17, 15) is 13.8 Å². The molecule has 0 saturated heterocycles. The maximum atomic E-state index is 12.7. The van der Waals surface area contributed by atoms with Gasteiger partial charge in [-0.2, -0.15) is 0 Å². The summed E-state index contributed by atoms with van der Waals surface area (Å²) >= 11 is 12.8. The molecule has 2 atom stereocenters. The average Bonchev–Trinajstić information content (AvgIpc) is 2.95. The zero-order valence-corrected chi connectivity index (χ0v) is 25.4. The molecule has 1 aliphatic rings. The number of halogens is 2. The number of aldehydes is 1. The lowest BCUT2D eigenvalue weighted by atomic mass is 9.85. The Bertz CT molecular complexity index is 1140. The summed E-state index contributed by atoms with van der Waals surface area (Å²) in [5.41, 5.74) is 3.36. The normalized spacial score (nSPS) is 15.8. The van der Waals surface area contributed by atoms with Crippen LogP contribution in [0.15, 0.2) is 41.3 Å². The SMILES string of the molecule is CN1Cc2c(Cl)cc(Cl)cc2C(c2ccc(S(=O)NCCOCCOCCOCCNC(=O)COCC=O)cc2)C1. The lowest BCUT2D eigenvalue weighted by molar-refractivity contribution is -0.127. The van der Waals surface area contributed by atoms with Gasteiger partial charge < -0.3 is 34.0 Å². The first-order chi connectivity index (χ1) is 19.9. The molecule has 3 rings (SSSR count). The minimum atomic E-state index is -1.35. The third-order valence-electron chi connectivity index (χ3n) is 6.20. The standard InChI is InChI=1S/C28H37Cl2N3O7S/c1-33-18-25(24-16-22(29)17-27(30)26(24)19-33)21-2-4-23(5-3-21)41(36)32-7-10-38-13-15-39-14-12-37-9-6-31-28(35)20-40-11-8-34/h2-5,8,16-17,25,32H,6-7,9-15,18-20H2,1H3,(H,31,35). The molecule has 0 spiro atoms. The van der Waals surface area contributed by atoms with E-state index in [1.54, 1.807) is 6.07 Å². The molecular weight excluding hydrogens is 593 g/mol. The van der Waals surface area contributed by atoms with E-state index in [0.717, 1.165) is 29.8 Å². The van der Waals surface area contributed by atoms with Gasteiger partial charge in [-0.15, -0.1) is 0 Å². The average molecular weight is 631 g/mol. The van der Waals surface area contributed by atoms with Crippen molar-refractivity contribution in [1.29, 1.82) is 0 Å². The Morgan fingerprint density at radius 2 is 1.66 bits per heavy atom. The van der Waals surface area contributed by atoms with Crippen LogP contribution < -0.4 is 10.0 Å². The van der Waals surface area contributed by atoms with Crippen molar-refractivity contribution in [3.8, 4) is 0 Å². The lowest BCUT2D eigenvalue weighted by Crippen LogP contribution is -2.31. The summed E-state index contributed by atoms with van der Waals surface area (Å²) < 4.78 is 36.8. The van der Waals surface area contributed by atoms with E-state index in [0.29, 0.717) is 74.0 Å². The van der Waals surface area contributed by atoms with Crippen molar-refractivity contribution in [2.24, 2.45) is 0 Å². The number of fused-ring (bicyclic) bond motifs is 1. The van der Waals surface area contributed by atoms with Gasteiger partial charge in [0.25, 0.3) is 0 Å². The maximum absolute atomic E-state index is 12.7. The lowest BCUT2D eigenvalue weighted by Gasteiger charge is -2.33. The number of nitrogens with one attached hydrogen (secondary N) is 2. The highest BCUT2D eigenvalue weighted by Gasteiger charge is 2.27. The Morgan fingerprint density at radius 3 is 2.34 bits per heavy atom. The molecule has 2 N–H and O–H groups in total. The van der Waals surface area contributed by atoms with Crippen LogP contribution in [0.3, 0.4) is 0 Å². The molecule has 0 aliphatic carbocycles. The molecule has 41 heavy (non-hydrogen) atoms. The third-order valence-corrected chi connectivity index (χ3v) is 7.92. The third kappa shape index (κ3) is 11.7. The highest BCUT2D eigenvalue weighted by Crippen LogP contribution is 2.38. The molecule has 0 saturated carbocycles. The van der Waals surface area contributed by atoms with E-state index in [4.69, 9.17) is 42.1 Å². The Kier molecular flexibility index (Phi) is 15.2. The molecule has 2 aromatic rings. The zero-order chi connectivity index (χ0) is 29.5. The van der Waals surface area contributed by atoms with Crippen LogP contribution in [0.1, 0.15) is 22.6 Å². The molecular formula is C28H37Cl2N3O7S. The molecule has 1 heterocycles. The molecule has 10 nitrogen and oxygen atoms in total. The van der Waals surface area contributed by atoms with Crippen molar-refractivity contribution in [1.82, 2.24) is 14.9 Å². The van der Waals surface area contributed by atoms with Crippen molar-refractivity contribution >= 4 is 46.4 Å². The van der Waals surface area contributed by atoms with Crippen molar-refractivity contribution in [3.05, 3.63) is 63.1 Å². The topological polar surface area (TPSA) is 115 Å². The second kappa shape index (κ2) is 18.6. The molecule has 1 aliphatic heterocycles. The van der Waals surface area contributed by atoms with E-state index >= 15 is 0 Å². The van der Waals surface area contributed by atoms with Crippen LogP contribution in [-0.4, -0.2) is 101 Å². The van der Waals surface area contributed by atoms with Gasteiger partial charge in [0.05, 0.1) is 44.5 Å². The first-order valence-electron chi connectivity index (χ1n) is 13.3. The van der Waals surface area contributed by atoms with Crippen LogP contribution >= 0.6 is 23.2 Å². The summed E-state index contributed by atoms with van der Waals surface area (Å²) in [5, 5.41) is 3.92. The Labute approximate surface area is 253 Å². The smallest absolute Gasteiger partial charge is 0.246 e. The number of benzene rings is 2. The van der Waals surface area contributed by atoms with Gasteiger partial charge >= 0.3 is 0 Å². The van der Waals surface area contributed by atoms with Gasteiger partial charge in [0.15, 0.2) is 0 Å². The number of nitrogens with zero attached hydrogens (tertiary/aromatic N) is 1. The fraction of sp³-hybridized carbons (Fsp3) is 0.500. The molecule has 1 amide bonds. The van der Waals surface area contributed by atoms with E-state index in [1.165, 1.54) is 0 Å². The van der Waals surface area contributed by atoms with Crippen molar-refractivity contribution in [2.45, 2.75) is 17.4 Å². The number of hydrogen-bond acceptors (Lipinski definition) is 8. The molecule has 0 aromatic heterocycles. The van der Waals surface area contributed by atoms with Crippen LogP contribution in [0.25, 0.3) is 0 Å². The molecule has 13 heteroatoms. The summed E-state index contributed by atoms with van der Waals surface area (Å²) in [6.07, 6.45) is 0.590. The van der Waals surface area contributed by atoms with Gasteiger partial charge in [0.1, 0.15) is 30.5 Å². The van der Waals surface area contributed by atoms with Gasteiger partial charge in [0.2, 0.25) is 5.91 Å². The molecule has 2 unspecified atom stereocenters. The number of amides is 1. The zero-order valence-electron chi connectivity index (χ0n) is 23.1. The number of ether oxygens (including phenoxy) is 4. The maximum Gasteiger partial charge on any atom is 0.246 e. The largest absolute Gasteiger partial charge is 0.378 e. The minimum Gasteiger partial charge on any atom is -0.378 e. The second-order valence-corrected chi connectivity index (χ2v) is 11.4. The van der Waals surface area contributed by atoms with E-state index in [1.807, 2.05) is 30.3 Å². The second-order valence-electron chi connectivity index (χ2n) is 9.31. The van der Waals surface area contributed by atoms with E-state index < -0.39 is 11.0 Å². The summed E-state index contributed by atoms with van der Waals surface area (Å²) in [6.45, 7) is 4.51. The molecule has 226 valence electrons. The molecule has 0 bridgehead atoms. The number of carbonyl (C=O) groups excluding carboxylic acids is 2. The van der Waals surface area contributed by atoms with E-state index in [-0.39, 0.29) is 25.0 Å². The van der Waals surface area contributed by atoms with Gasteiger partial charge in [-0.05, 0) is 48.0 Å². The van der Waals surface area contributed by atoms with Crippen LogP contribution in [-0.2, 0) is 46.1 Å². The van der Waals surface area contributed by atoms with Gasteiger partial charge in [-0.3, -0.25) is 4.79 Å². The summed E-state index contributed by atoms with van der Waals surface area (Å²) in [5.74, 6) is -0.169. The number of rotatable bonds is 19. The predicted molar refractivity (Wildman–Crippen MR) is 158 cm³/mol. The van der Waals surface area contributed by atoms with Crippen molar-refractivity contribution < 1.29 is 32.7 Å². The fourth-order valence-electron chi connectivity index (χ4n) is 4.30. The van der Waals surface area contributed by atoms with Gasteiger partial charge in [-0.25, -0.2) is 8.93 Å². The van der Waals surface area contributed by atoms with Crippen LogP contribution in [0, 0.1) is 0 Å². The highest BCUT2D eigenvalue weighted by molar-refractivity contribution is 7.83. The van der Waals surface area contributed by atoms with Gasteiger partial charge in [0, 0.05) is 42.1 Å². The molecule has 0 radical (unpaired) electrons. The first-order valence-corrected chi connectivity index (χ1v) is 15.2. The summed E-state index contributed by atoms with van der Waals surface area (Å²) in [4.78, 5) is 24.4. The Morgan fingerprint density at radius 1 is 1.00 bits per heavy atom. The Balaban J connectivity index is 1.25. The van der Waals surface area contributed by atoms with Crippen LogP contribution in [0.2, 0.25) is 10.0 Å². The first kappa shape index (κ1) is 33.6. The van der Waals surface area contributed by atoms with Crippen LogP contribution in [0.4, 0.5) is 0 Å².